The van der Waals surface area contributed by atoms with Crippen LogP contribution in [0.5, 0.6) is 0 Å². The molecule has 0 spiro atoms. The van der Waals surface area contributed by atoms with E-state index in [2.05, 4.69) is 15.6 Å². The summed E-state index contributed by atoms with van der Waals surface area (Å²) in [6.07, 6.45) is 0.358. The lowest BCUT2D eigenvalue weighted by Gasteiger charge is -2.31. The van der Waals surface area contributed by atoms with Gasteiger partial charge in [-0.15, -0.1) is 0 Å². The summed E-state index contributed by atoms with van der Waals surface area (Å²) in [6.45, 7) is 5.89. The predicted octanol–water partition coefficient (Wildman–Crippen LogP) is 4.58. The number of nitrogens with zero attached hydrogens (tertiary/aromatic N) is 1. The number of aromatic amines is 1. The number of hydrogen-bond acceptors (Lipinski definition) is 7. The van der Waals surface area contributed by atoms with E-state index < -0.39 is 41.7 Å². The Kier molecular flexibility index (Phi) is 10.3. The Balaban J connectivity index is 1.45. The third kappa shape index (κ3) is 8.50. The third-order valence-corrected chi connectivity index (χ3v) is 7.15. The summed E-state index contributed by atoms with van der Waals surface area (Å²) in [5.74, 6) is -0.961. The number of H-pyrrole nitrogens is 1. The molecule has 11 heteroatoms. The number of unbranched alkanes of at least 4 members (excludes halogenated alkanes) is 1. The average Bonchev–Trinajstić information content (AvgIpc) is 3.25. The van der Waals surface area contributed by atoms with Crippen LogP contribution in [0.1, 0.15) is 56.9 Å². The van der Waals surface area contributed by atoms with Crippen LogP contribution in [-0.2, 0) is 43.4 Å². The molecule has 3 amide bonds. The van der Waals surface area contributed by atoms with Crippen LogP contribution in [0.15, 0.2) is 54.6 Å². The fourth-order valence-electron chi connectivity index (χ4n) is 5.15. The molecule has 43 heavy (non-hydrogen) atoms. The van der Waals surface area contributed by atoms with E-state index in [0.29, 0.717) is 25.8 Å². The number of amides is 3. The highest BCUT2D eigenvalue weighted by Gasteiger charge is 2.39. The van der Waals surface area contributed by atoms with Crippen molar-refractivity contribution in [2.24, 2.45) is 0 Å². The lowest BCUT2D eigenvalue weighted by molar-refractivity contribution is -0.154. The van der Waals surface area contributed by atoms with Gasteiger partial charge in [-0.3, -0.25) is 4.79 Å². The first-order valence-electron chi connectivity index (χ1n) is 14.5. The normalized spacial score (nSPS) is 15.7. The Morgan fingerprint density at radius 1 is 1.02 bits per heavy atom. The zero-order valence-corrected chi connectivity index (χ0v) is 25.1. The number of benzene rings is 2. The Morgan fingerprint density at radius 2 is 1.74 bits per heavy atom. The Labute approximate surface area is 251 Å². The van der Waals surface area contributed by atoms with E-state index in [9.17, 15) is 19.2 Å². The summed E-state index contributed by atoms with van der Waals surface area (Å²) in [6, 6.07) is 15.3. The number of carbonyl (C=O) groups excluding carboxylic acids is 4. The molecule has 0 bridgehead atoms. The van der Waals surface area contributed by atoms with Crippen LogP contribution >= 0.6 is 0 Å². The van der Waals surface area contributed by atoms with E-state index in [0.717, 1.165) is 27.7 Å². The summed E-state index contributed by atoms with van der Waals surface area (Å²) in [5.41, 5.74) is 2.73. The van der Waals surface area contributed by atoms with Gasteiger partial charge in [-0.1, -0.05) is 48.5 Å². The third-order valence-electron chi connectivity index (χ3n) is 7.15. The number of ether oxygens (including phenoxy) is 3. The fourth-order valence-corrected chi connectivity index (χ4v) is 5.15. The van der Waals surface area contributed by atoms with Crippen LogP contribution in [0.25, 0.3) is 10.9 Å². The highest BCUT2D eigenvalue weighted by Crippen LogP contribution is 2.30. The van der Waals surface area contributed by atoms with Crippen molar-refractivity contribution in [1.29, 1.82) is 0 Å². The van der Waals surface area contributed by atoms with Gasteiger partial charge in [0.15, 0.2) is 0 Å². The van der Waals surface area contributed by atoms with Gasteiger partial charge in [0.2, 0.25) is 5.91 Å². The van der Waals surface area contributed by atoms with E-state index in [1.54, 1.807) is 20.8 Å². The summed E-state index contributed by atoms with van der Waals surface area (Å²) < 4.78 is 15.8. The number of methoxy groups -OCH3 is 1. The Bertz CT molecular complexity index is 1430. The number of carbonyl (C=O) groups is 4. The molecule has 0 radical (unpaired) electrons. The molecule has 1 aliphatic rings. The number of hydrogen-bond donors (Lipinski definition) is 3. The lowest BCUT2D eigenvalue weighted by atomic mass is 10.0. The lowest BCUT2D eigenvalue weighted by Crippen LogP contribution is -2.54. The average molecular weight is 593 g/mol. The molecule has 4 rings (SSSR count). The molecule has 0 unspecified atom stereocenters. The van der Waals surface area contributed by atoms with Gasteiger partial charge >= 0.3 is 18.2 Å². The molecule has 0 saturated heterocycles. The molecule has 1 aromatic heterocycles. The van der Waals surface area contributed by atoms with Crippen molar-refractivity contribution in [2.75, 3.05) is 13.7 Å². The van der Waals surface area contributed by atoms with Crippen molar-refractivity contribution in [3.8, 4) is 0 Å². The molecule has 2 heterocycles. The smallest absolute Gasteiger partial charge is 0.408 e. The number of aromatic nitrogens is 1. The van der Waals surface area contributed by atoms with Crippen molar-refractivity contribution in [3.63, 3.8) is 0 Å². The first-order valence-corrected chi connectivity index (χ1v) is 14.5. The fraction of sp³-hybridized carbons (Fsp3) is 0.438. The first-order chi connectivity index (χ1) is 20.6. The first kappa shape index (κ1) is 31.4. The van der Waals surface area contributed by atoms with E-state index in [-0.39, 0.29) is 19.6 Å². The largest absolute Gasteiger partial charge is 0.467 e. The molecule has 11 nitrogen and oxygen atoms in total. The minimum atomic E-state index is -0.955. The number of nitrogens with one attached hydrogen (secondary N) is 3. The molecule has 0 fully saturated rings. The number of esters is 1. The van der Waals surface area contributed by atoms with Gasteiger partial charge in [0.05, 0.1) is 13.7 Å². The van der Waals surface area contributed by atoms with Gasteiger partial charge in [-0.2, -0.15) is 0 Å². The van der Waals surface area contributed by atoms with Gasteiger partial charge in [0.25, 0.3) is 0 Å². The van der Waals surface area contributed by atoms with E-state index >= 15 is 0 Å². The molecule has 2 atom stereocenters. The molecule has 230 valence electrons. The van der Waals surface area contributed by atoms with Gasteiger partial charge in [-0.25, -0.2) is 14.4 Å². The maximum atomic E-state index is 13.9. The van der Waals surface area contributed by atoms with Gasteiger partial charge in [0, 0.05) is 29.6 Å². The maximum absolute atomic E-state index is 13.9. The van der Waals surface area contributed by atoms with Crippen molar-refractivity contribution < 1.29 is 33.4 Å². The van der Waals surface area contributed by atoms with Crippen LogP contribution < -0.4 is 10.6 Å². The highest BCUT2D eigenvalue weighted by atomic mass is 16.6. The van der Waals surface area contributed by atoms with Crippen LogP contribution in [0, 0.1) is 0 Å². The van der Waals surface area contributed by atoms with Crippen molar-refractivity contribution in [2.45, 2.75) is 77.3 Å². The molecule has 0 saturated carbocycles. The van der Waals surface area contributed by atoms with Crippen LogP contribution in [-0.4, -0.2) is 65.3 Å². The minimum Gasteiger partial charge on any atom is -0.467 e. The topological polar surface area (TPSA) is 139 Å². The maximum Gasteiger partial charge on any atom is 0.408 e. The standard InChI is InChI=1S/C32H40N4O7/c1-32(2,3)43-31(40)35-25-18-23-22-14-8-9-15-24(22)34-26(23)19-36(28(25)37)27(29(38)41-4)16-10-11-17-33-30(39)42-20-21-12-6-5-7-13-21/h5-9,12-15,25,27,34H,10-11,16-20H2,1-4H3,(H,33,39)(H,35,40)/t25-,27+/m1/s1. The monoisotopic (exact) mass is 592 g/mol. The number of fused-ring (bicyclic) bond motifs is 3. The molecular weight excluding hydrogens is 552 g/mol. The van der Waals surface area contributed by atoms with E-state index in [4.69, 9.17) is 14.2 Å². The molecule has 2 aromatic carbocycles. The second-order valence-electron chi connectivity index (χ2n) is 11.5. The van der Waals surface area contributed by atoms with Crippen molar-refractivity contribution >= 4 is 35.0 Å². The van der Waals surface area contributed by atoms with Crippen LogP contribution in [0.3, 0.4) is 0 Å². The van der Waals surface area contributed by atoms with Crippen LogP contribution in [0.2, 0.25) is 0 Å². The minimum absolute atomic E-state index is 0.138. The molecule has 1 aliphatic heterocycles. The molecule has 0 aliphatic carbocycles. The SMILES string of the molecule is COC(=O)[C@H](CCCCNC(=O)OCc1ccccc1)N1Cc2[nH]c3ccccc3c2C[C@@H](NC(=O)OC(C)(C)C)C1=O. The Morgan fingerprint density at radius 3 is 2.47 bits per heavy atom. The van der Waals surface area contributed by atoms with Gasteiger partial charge in [0.1, 0.15) is 24.3 Å². The quantitative estimate of drug-likeness (QED) is 0.178. The van der Waals surface area contributed by atoms with Crippen molar-refractivity contribution in [1.82, 2.24) is 20.5 Å². The molecule has 3 N–H and O–H groups in total. The number of para-hydroxylation sites is 1. The van der Waals surface area contributed by atoms with Gasteiger partial charge < -0.3 is 34.7 Å². The van der Waals surface area contributed by atoms with Crippen molar-refractivity contribution in [3.05, 3.63) is 71.4 Å². The number of rotatable bonds is 10. The zero-order valence-electron chi connectivity index (χ0n) is 25.1. The Hall–Kier alpha value is -4.54. The summed E-state index contributed by atoms with van der Waals surface area (Å²) in [7, 11) is 1.28. The molecule has 3 aromatic rings. The van der Waals surface area contributed by atoms with Crippen LogP contribution in [0.4, 0.5) is 9.59 Å². The zero-order chi connectivity index (χ0) is 31.0. The van der Waals surface area contributed by atoms with E-state index in [1.165, 1.54) is 12.0 Å². The second kappa shape index (κ2) is 14.1. The molecular formula is C32H40N4O7. The summed E-state index contributed by atoms with van der Waals surface area (Å²) in [5, 5.41) is 6.40. The number of alkyl carbamates (subject to hydrolysis) is 2. The van der Waals surface area contributed by atoms with E-state index in [1.807, 2.05) is 54.6 Å². The second-order valence-corrected chi connectivity index (χ2v) is 11.5. The highest BCUT2D eigenvalue weighted by molar-refractivity contribution is 5.93. The summed E-state index contributed by atoms with van der Waals surface area (Å²) in [4.78, 5) is 56.7. The summed E-state index contributed by atoms with van der Waals surface area (Å²) >= 11 is 0. The predicted molar refractivity (Wildman–Crippen MR) is 160 cm³/mol. The van der Waals surface area contributed by atoms with Gasteiger partial charge in [-0.05, 0) is 57.2 Å².